The van der Waals surface area contributed by atoms with Crippen molar-refractivity contribution in [3.05, 3.63) is 76.3 Å². The van der Waals surface area contributed by atoms with E-state index in [1.54, 1.807) is 0 Å². The third-order valence-corrected chi connectivity index (χ3v) is 5.79. The molecule has 1 nitrogen and oxygen atoms in total. The molecule has 2 aromatic rings. The Morgan fingerprint density at radius 2 is 1.92 bits per heavy atom. The van der Waals surface area contributed by atoms with Gasteiger partial charge in [-0.1, -0.05) is 72.1 Å². The summed E-state index contributed by atoms with van der Waals surface area (Å²) in [6.45, 7) is 3.20. The van der Waals surface area contributed by atoms with Gasteiger partial charge in [-0.25, -0.2) is 0 Å². The van der Waals surface area contributed by atoms with Gasteiger partial charge in [0.2, 0.25) is 0 Å². The van der Waals surface area contributed by atoms with Gasteiger partial charge < -0.3 is 0 Å². The summed E-state index contributed by atoms with van der Waals surface area (Å²) in [6.07, 6.45) is 7.50. The second-order valence-corrected chi connectivity index (χ2v) is 7.60. The van der Waals surface area contributed by atoms with Crippen LogP contribution in [0.25, 0.3) is 5.57 Å². The van der Waals surface area contributed by atoms with E-state index in [9.17, 15) is 0 Å². The number of hydrogen-bond donors (Lipinski definition) is 0. The summed E-state index contributed by atoms with van der Waals surface area (Å²) >= 11 is 6.50. The molecule has 2 bridgehead atoms. The summed E-state index contributed by atoms with van der Waals surface area (Å²) in [5, 5.41) is 0.890. The van der Waals surface area contributed by atoms with Crippen LogP contribution in [0.2, 0.25) is 5.02 Å². The summed E-state index contributed by atoms with van der Waals surface area (Å²) < 4.78 is 0. The predicted molar refractivity (Wildman–Crippen MR) is 102 cm³/mol. The number of rotatable bonds is 3. The molecule has 0 saturated carbocycles. The van der Waals surface area contributed by atoms with Gasteiger partial charge in [0.1, 0.15) is 0 Å². The van der Waals surface area contributed by atoms with E-state index in [4.69, 9.17) is 11.6 Å². The van der Waals surface area contributed by atoms with Crippen molar-refractivity contribution in [3.8, 4) is 0 Å². The highest BCUT2D eigenvalue weighted by molar-refractivity contribution is 6.32. The summed E-state index contributed by atoms with van der Waals surface area (Å²) in [5.74, 6) is 0. The summed E-state index contributed by atoms with van der Waals surface area (Å²) in [6, 6.07) is 18.4. The maximum atomic E-state index is 6.50. The molecule has 4 rings (SSSR count). The Morgan fingerprint density at radius 3 is 2.71 bits per heavy atom. The fraction of sp³-hybridized carbons (Fsp3) is 0.364. The van der Waals surface area contributed by atoms with Crippen LogP contribution in [0.5, 0.6) is 0 Å². The van der Waals surface area contributed by atoms with Crippen molar-refractivity contribution < 1.29 is 0 Å². The normalized spacial score (nSPS) is 23.8. The Labute approximate surface area is 149 Å². The Bertz CT molecular complexity index is 750. The van der Waals surface area contributed by atoms with E-state index in [1.165, 1.54) is 41.5 Å². The van der Waals surface area contributed by atoms with E-state index in [-0.39, 0.29) is 0 Å². The highest BCUT2D eigenvalue weighted by Gasteiger charge is 2.34. The highest BCUT2D eigenvalue weighted by atomic mass is 35.5. The first-order valence-corrected chi connectivity index (χ1v) is 9.35. The topological polar surface area (TPSA) is 3.24 Å². The van der Waals surface area contributed by atoms with Crippen LogP contribution in [-0.2, 0) is 6.54 Å². The van der Waals surface area contributed by atoms with Gasteiger partial charge >= 0.3 is 0 Å². The summed E-state index contributed by atoms with van der Waals surface area (Å²) in [4.78, 5) is 2.70. The number of aryl methyl sites for hydroxylation is 1. The first kappa shape index (κ1) is 15.9. The van der Waals surface area contributed by atoms with Crippen LogP contribution in [0.3, 0.4) is 0 Å². The van der Waals surface area contributed by atoms with Gasteiger partial charge in [-0.15, -0.1) is 0 Å². The van der Waals surface area contributed by atoms with Gasteiger partial charge in [-0.2, -0.15) is 0 Å². The molecule has 0 aliphatic carbocycles. The van der Waals surface area contributed by atoms with Crippen LogP contribution in [0.15, 0.2) is 54.6 Å². The van der Waals surface area contributed by atoms with E-state index in [1.807, 2.05) is 6.07 Å². The zero-order valence-electron chi connectivity index (χ0n) is 14.2. The lowest BCUT2D eigenvalue weighted by atomic mass is 9.82. The maximum Gasteiger partial charge on any atom is 0.0481 e. The van der Waals surface area contributed by atoms with Gasteiger partial charge in [0.05, 0.1) is 0 Å². The van der Waals surface area contributed by atoms with Crippen LogP contribution >= 0.6 is 11.6 Å². The first-order valence-electron chi connectivity index (χ1n) is 8.97. The second kappa shape index (κ2) is 6.74. The van der Waals surface area contributed by atoms with Crippen LogP contribution in [0, 0.1) is 6.92 Å². The largest absolute Gasteiger partial charge is 0.289 e. The lowest BCUT2D eigenvalue weighted by Crippen LogP contribution is -2.47. The average Bonchev–Trinajstić information content (AvgIpc) is 2.58. The number of halogens is 1. The molecule has 0 amide bonds. The molecule has 124 valence electrons. The molecule has 2 atom stereocenters. The molecule has 0 spiro atoms. The van der Waals surface area contributed by atoms with Crippen molar-refractivity contribution in [1.29, 1.82) is 0 Å². The third-order valence-electron chi connectivity index (χ3n) is 5.46. The highest BCUT2D eigenvalue weighted by Crippen LogP contribution is 2.39. The van der Waals surface area contributed by atoms with Crippen molar-refractivity contribution >= 4 is 17.2 Å². The SMILES string of the molecule is Cc1ccc(Cl)c(C2=CC3CCCC(C2)N3Cc2ccccc2)c1. The standard InChI is InChI=1S/C22H24ClN/c1-16-10-11-22(23)21(12-16)18-13-19-8-5-9-20(14-18)24(19)15-17-6-3-2-4-7-17/h2-4,6-7,10-13,19-20H,5,8-9,14-15H2,1H3. The Balaban J connectivity index is 1.63. The Morgan fingerprint density at radius 1 is 1.08 bits per heavy atom. The second-order valence-electron chi connectivity index (χ2n) is 7.19. The van der Waals surface area contributed by atoms with Crippen molar-refractivity contribution in [2.45, 2.75) is 51.2 Å². The Kier molecular flexibility index (Phi) is 4.47. The summed E-state index contributed by atoms with van der Waals surface area (Å²) in [5.41, 5.74) is 5.39. The zero-order chi connectivity index (χ0) is 16.5. The number of fused-ring (bicyclic) bond motifs is 2. The molecule has 0 radical (unpaired) electrons. The molecule has 2 aromatic carbocycles. The molecule has 2 aliphatic rings. The van der Waals surface area contributed by atoms with Crippen molar-refractivity contribution in [3.63, 3.8) is 0 Å². The van der Waals surface area contributed by atoms with Gasteiger partial charge in [0.25, 0.3) is 0 Å². The number of benzene rings is 2. The molecule has 2 heterocycles. The molecule has 24 heavy (non-hydrogen) atoms. The molecule has 2 aliphatic heterocycles. The lowest BCUT2D eigenvalue weighted by Gasteiger charge is -2.45. The maximum absolute atomic E-state index is 6.50. The van der Waals surface area contributed by atoms with E-state index in [2.05, 4.69) is 60.4 Å². The molecule has 1 fully saturated rings. The van der Waals surface area contributed by atoms with Crippen molar-refractivity contribution in [2.75, 3.05) is 0 Å². The number of piperidine rings is 1. The van der Waals surface area contributed by atoms with Crippen molar-refractivity contribution in [1.82, 2.24) is 4.90 Å². The van der Waals surface area contributed by atoms with E-state index in [0.29, 0.717) is 12.1 Å². The van der Waals surface area contributed by atoms with Gasteiger partial charge in [0.15, 0.2) is 0 Å². The first-order chi connectivity index (χ1) is 11.7. The smallest absolute Gasteiger partial charge is 0.0481 e. The fourth-order valence-electron chi connectivity index (χ4n) is 4.24. The van der Waals surface area contributed by atoms with Gasteiger partial charge in [-0.05, 0) is 49.0 Å². The molecule has 2 unspecified atom stereocenters. The average molecular weight is 338 g/mol. The van der Waals surface area contributed by atoms with Crippen molar-refractivity contribution in [2.24, 2.45) is 0 Å². The monoisotopic (exact) mass is 337 g/mol. The number of nitrogens with zero attached hydrogens (tertiary/aromatic N) is 1. The molecular formula is C22H24ClN. The van der Waals surface area contributed by atoms with E-state index in [0.717, 1.165) is 18.0 Å². The third kappa shape index (κ3) is 3.16. The van der Waals surface area contributed by atoms with Crippen LogP contribution in [0.4, 0.5) is 0 Å². The molecule has 2 heteroatoms. The van der Waals surface area contributed by atoms with E-state index < -0.39 is 0 Å². The fourth-order valence-corrected chi connectivity index (χ4v) is 4.48. The van der Waals surface area contributed by atoms with Gasteiger partial charge in [-0.3, -0.25) is 4.90 Å². The van der Waals surface area contributed by atoms with Gasteiger partial charge in [0, 0.05) is 23.7 Å². The summed E-state index contributed by atoms with van der Waals surface area (Å²) in [7, 11) is 0. The number of hydrogen-bond acceptors (Lipinski definition) is 1. The van der Waals surface area contributed by atoms with Crippen LogP contribution < -0.4 is 0 Å². The molecular weight excluding hydrogens is 314 g/mol. The zero-order valence-corrected chi connectivity index (χ0v) is 15.0. The molecule has 0 N–H and O–H groups in total. The lowest BCUT2D eigenvalue weighted by molar-refractivity contribution is 0.0951. The van der Waals surface area contributed by atoms with Crippen LogP contribution in [0.1, 0.15) is 42.4 Å². The predicted octanol–water partition coefficient (Wildman–Crippen LogP) is 5.86. The quantitative estimate of drug-likeness (QED) is 0.678. The minimum Gasteiger partial charge on any atom is -0.289 e. The Hall–Kier alpha value is -1.57. The molecule has 0 aromatic heterocycles. The minimum absolute atomic E-state index is 0.546. The minimum atomic E-state index is 0.546. The van der Waals surface area contributed by atoms with E-state index >= 15 is 0 Å². The van der Waals surface area contributed by atoms with Crippen LogP contribution in [-0.4, -0.2) is 17.0 Å². The molecule has 1 saturated heterocycles.